The predicted octanol–water partition coefficient (Wildman–Crippen LogP) is 1.28. The zero-order valence-corrected chi connectivity index (χ0v) is 15.6. The highest BCUT2D eigenvalue weighted by atomic mass is 16.3. The van der Waals surface area contributed by atoms with Gasteiger partial charge in [-0.1, -0.05) is 24.3 Å². The normalized spacial score (nSPS) is 21.8. The average molecular weight is 377 g/mol. The first-order valence-corrected chi connectivity index (χ1v) is 9.78. The number of hydrogen-bond donors (Lipinski definition) is 3. The van der Waals surface area contributed by atoms with Crippen LogP contribution in [0.4, 0.5) is 0 Å². The number of nitrogens with zero attached hydrogens (tertiary/aromatic N) is 3. The maximum atomic E-state index is 13.0. The average Bonchev–Trinajstić information content (AvgIpc) is 3.31. The fraction of sp³-hybridized carbons (Fsp3) is 0.381. The van der Waals surface area contributed by atoms with Crippen molar-refractivity contribution in [1.29, 1.82) is 0 Å². The van der Waals surface area contributed by atoms with Crippen LogP contribution in [-0.4, -0.2) is 56.8 Å². The van der Waals surface area contributed by atoms with Crippen LogP contribution in [0.1, 0.15) is 27.4 Å². The second kappa shape index (κ2) is 7.00. The molecule has 0 radical (unpaired) electrons. The number of para-hydroxylation sites is 1. The molecule has 2 aromatic heterocycles. The highest BCUT2D eigenvalue weighted by molar-refractivity contribution is 5.94. The first-order valence-electron chi connectivity index (χ1n) is 9.78. The second-order valence-electron chi connectivity index (χ2n) is 7.69. The predicted molar refractivity (Wildman–Crippen MR) is 105 cm³/mol. The molecule has 5 rings (SSSR count). The van der Waals surface area contributed by atoms with Crippen molar-refractivity contribution in [3.8, 4) is 0 Å². The van der Waals surface area contributed by atoms with Gasteiger partial charge in [0.25, 0.3) is 5.91 Å². The highest BCUT2D eigenvalue weighted by Gasteiger charge is 2.36. The zero-order valence-electron chi connectivity index (χ0n) is 15.6. The molecule has 0 saturated carbocycles. The van der Waals surface area contributed by atoms with E-state index in [4.69, 9.17) is 4.98 Å². The van der Waals surface area contributed by atoms with Gasteiger partial charge < -0.3 is 15.3 Å². The molecule has 1 saturated heterocycles. The Bertz CT molecular complexity index is 1030. The fourth-order valence-corrected chi connectivity index (χ4v) is 4.28. The van der Waals surface area contributed by atoms with Crippen molar-refractivity contribution >= 4 is 16.8 Å². The molecule has 4 heterocycles. The minimum atomic E-state index is -0.548. The Kier molecular flexibility index (Phi) is 4.33. The van der Waals surface area contributed by atoms with Crippen LogP contribution in [0.15, 0.2) is 36.4 Å². The number of aromatic nitrogens is 3. The number of aliphatic hydroxyl groups is 1. The molecule has 2 aliphatic rings. The summed E-state index contributed by atoms with van der Waals surface area (Å²) in [6.45, 7) is 2.44. The van der Waals surface area contributed by atoms with Crippen LogP contribution in [0.3, 0.4) is 0 Å². The molecule has 28 heavy (non-hydrogen) atoms. The number of carbonyl (C=O) groups excluding carboxylic acids is 1. The van der Waals surface area contributed by atoms with E-state index < -0.39 is 6.10 Å². The number of fused-ring (bicyclic) bond motifs is 2. The fourth-order valence-electron chi connectivity index (χ4n) is 4.28. The van der Waals surface area contributed by atoms with E-state index in [0.29, 0.717) is 31.7 Å². The Morgan fingerprint density at radius 2 is 2.11 bits per heavy atom. The lowest BCUT2D eigenvalue weighted by molar-refractivity contribution is 0.0757. The molecule has 3 N–H and O–H groups in total. The summed E-state index contributed by atoms with van der Waals surface area (Å²) < 4.78 is 0. The van der Waals surface area contributed by atoms with Crippen molar-refractivity contribution in [2.75, 3.05) is 19.6 Å². The third-order valence-corrected chi connectivity index (χ3v) is 5.83. The molecule has 1 aromatic carbocycles. The number of hydrogen-bond acceptors (Lipinski definition) is 5. The van der Waals surface area contributed by atoms with Gasteiger partial charge in [0.1, 0.15) is 0 Å². The van der Waals surface area contributed by atoms with Crippen molar-refractivity contribution in [3.05, 3.63) is 59.0 Å². The number of nitrogens with one attached hydrogen (secondary N) is 2. The highest BCUT2D eigenvalue weighted by Crippen LogP contribution is 2.25. The maximum absolute atomic E-state index is 13.0. The number of aliphatic hydroxyl groups excluding tert-OH is 1. The minimum absolute atomic E-state index is 0.0194. The number of benzene rings is 1. The van der Waals surface area contributed by atoms with E-state index in [2.05, 4.69) is 21.6 Å². The number of H-pyrrole nitrogens is 1. The number of rotatable bonds is 3. The molecule has 0 aliphatic carbocycles. The molecule has 0 spiro atoms. The molecule has 3 aromatic rings. The van der Waals surface area contributed by atoms with E-state index in [1.807, 2.05) is 30.3 Å². The largest absolute Gasteiger partial charge is 0.391 e. The van der Waals surface area contributed by atoms with Gasteiger partial charge >= 0.3 is 0 Å². The van der Waals surface area contributed by atoms with Crippen LogP contribution >= 0.6 is 0 Å². The lowest BCUT2D eigenvalue weighted by Gasteiger charge is -2.17. The van der Waals surface area contributed by atoms with Crippen molar-refractivity contribution < 1.29 is 9.90 Å². The summed E-state index contributed by atoms with van der Waals surface area (Å²) in [7, 11) is 0. The third kappa shape index (κ3) is 3.06. The summed E-state index contributed by atoms with van der Waals surface area (Å²) in [6, 6.07) is 12.1. The molecule has 1 fully saturated rings. The molecule has 0 unspecified atom stereocenters. The standard InChI is InChI=1S/C21H23N5O2/c27-19-12-26(21(28)20-16-7-8-22-10-18(16)24-25-20)11-14(19)9-15-6-5-13-3-1-2-4-17(13)23-15/h1-6,14,19,22,27H,7-12H2,(H,24,25)/t14-,19-/m1/s1. The molecule has 2 atom stereocenters. The van der Waals surface area contributed by atoms with E-state index in [-0.39, 0.29) is 11.8 Å². The summed E-state index contributed by atoms with van der Waals surface area (Å²) in [5.74, 6) is -0.110. The molecule has 144 valence electrons. The quantitative estimate of drug-likeness (QED) is 0.639. The van der Waals surface area contributed by atoms with Gasteiger partial charge in [0.05, 0.1) is 17.3 Å². The Balaban J connectivity index is 1.31. The molecular formula is C21H23N5O2. The molecule has 0 bridgehead atoms. The van der Waals surface area contributed by atoms with Crippen LogP contribution in [0, 0.1) is 5.92 Å². The third-order valence-electron chi connectivity index (χ3n) is 5.83. The summed E-state index contributed by atoms with van der Waals surface area (Å²) in [4.78, 5) is 19.4. The Morgan fingerprint density at radius 3 is 3.04 bits per heavy atom. The lowest BCUT2D eigenvalue weighted by Crippen LogP contribution is -2.32. The van der Waals surface area contributed by atoms with E-state index in [0.717, 1.165) is 40.8 Å². The molecule has 7 nitrogen and oxygen atoms in total. The van der Waals surface area contributed by atoms with Gasteiger partial charge in [-0.05, 0) is 31.5 Å². The van der Waals surface area contributed by atoms with Crippen LogP contribution in [0.5, 0.6) is 0 Å². The topological polar surface area (TPSA) is 94.1 Å². The van der Waals surface area contributed by atoms with Crippen molar-refractivity contribution in [3.63, 3.8) is 0 Å². The summed E-state index contributed by atoms with van der Waals surface area (Å²) in [5, 5.41) is 22.2. The second-order valence-corrected chi connectivity index (χ2v) is 7.69. The number of carbonyl (C=O) groups is 1. The first kappa shape index (κ1) is 17.3. The molecule has 7 heteroatoms. The van der Waals surface area contributed by atoms with Crippen LogP contribution in [-0.2, 0) is 19.4 Å². The lowest BCUT2D eigenvalue weighted by atomic mass is 9.99. The Hall–Kier alpha value is -2.77. The van der Waals surface area contributed by atoms with Gasteiger partial charge in [-0.25, -0.2) is 0 Å². The maximum Gasteiger partial charge on any atom is 0.274 e. The zero-order chi connectivity index (χ0) is 19.1. The molecule has 1 amide bonds. The smallest absolute Gasteiger partial charge is 0.274 e. The van der Waals surface area contributed by atoms with Gasteiger partial charge in [-0.3, -0.25) is 14.9 Å². The number of likely N-dealkylation sites (tertiary alicyclic amines) is 1. The SMILES string of the molecule is O=C(c1n[nH]c2c1CCNC2)N1C[C@@H](Cc2ccc3ccccc3n2)[C@H](O)C1. The van der Waals surface area contributed by atoms with Crippen molar-refractivity contribution in [2.24, 2.45) is 5.92 Å². The molecular weight excluding hydrogens is 354 g/mol. The monoisotopic (exact) mass is 377 g/mol. The van der Waals surface area contributed by atoms with Crippen molar-refractivity contribution in [1.82, 2.24) is 25.4 Å². The molecule has 2 aliphatic heterocycles. The summed E-state index contributed by atoms with van der Waals surface area (Å²) in [6.07, 6.45) is 0.903. The van der Waals surface area contributed by atoms with E-state index >= 15 is 0 Å². The van der Waals surface area contributed by atoms with Gasteiger partial charge in [-0.15, -0.1) is 0 Å². The Morgan fingerprint density at radius 1 is 1.21 bits per heavy atom. The van der Waals surface area contributed by atoms with E-state index in [1.54, 1.807) is 4.90 Å². The number of pyridine rings is 1. The van der Waals surface area contributed by atoms with E-state index in [1.165, 1.54) is 0 Å². The minimum Gasteiger partial charge on any atom is -0.391 e. The van der Waals surface area contributed by atoms with Crippen molar-refractivity contribution in [2.45, 2.75) is 25.5 Å². The van der Waals surface area contributed by atoms with Gasteiger partial charge in [0.2, 0.25) is 0 Å². The number of amides is 1. The first-order chi connectivity index (χ1) is 13.7. The van der Waals surface area contributed by atoms with Crippen LogP contribution in [0.25, 0.3) is 10.9 Å². The van der Waals surface area contributed by atoms with Gasteiger partial charge in [0.15, 0.2) is 5.69 Å². The van der Waals surface area contributed by atoms with E-state index in [9.17, 15) is 9.90 Å². The van der Waals surface area contributed by atoms with Crippen LogP contribution in [0.2, 0.25) is 0 Å². The van der Waals surface area contributed by atoms with Gasteiger partial charge in [0, 0.05) is 42.2 Å². The summed E-state index contributed by atoms with van der Waals surface area (Å²) in [5.41, 5.74) is 4.41. The van der Waals surface area contributed by atoms with Gasteiger partial charge in [-0.2, -0.15) is 5.10 Å². The number of β-amino-alcohol motifs (C(OH)–C–C–N with tert-alkyl or cyclic N) is 1. The Labute approximate surface area is 162 Å². The van der Waals surface area contributed by atoms with Crippen LogP contribution < -0.4 is 5.32 Å². The summed E-state index contributed by atoms with van der Waals surface area (Å²) >= 11 is 0. The number of aromatic amines is 1.